The number of nitrogens with zero attached hydrogens (tertiary/aromatic N) is 2. The van der Waals surface area contributed by atoms with Crippen molar-refractivity contribution in [2.45, 2.75) is 12.8 Å². The number of hydrogen-bond donors (Lipinski definition) is 1. The van der Waals surface area contributed by atoms with E-state index in [0.29, 0.717) is 25.6 Å². The Morgan fingerprint density at radius 3 is 2.50 bits per heavy atom. The molecule has 7 nitrogen and oxygen atoms in total. The normalized spacial score (nSPS) is 26.5. The molecular weight excluding hydrogens is 306 g/mol. The van der Waals surface area contributed by atoms with Gasteiger partial charge in [-0.05, 0) is 18.8 Å². The lowest BCUT2D eigenvalue weighted by Gasteiger charge is -2.29. The first kappa shape index (κ1) is 17.7. The molecule has 2 saturated heterocycles. The van der Waals surface area contributed by atoms with Crippen LogP contribution in [0.25, 0.3) is 0 Å². The lowest BCUT2D eigenvalue weighted by molar-refractivity contribution is -0.125. The fourth-order valence-electron chi connectivity index (χ4n) is 3.18. The summed E-state index contributed by atoms with van der Waals surface area (Å²) in [5.41, 5.74) is 0. The molecular formula is C14H27N3O4S. The van der Waals surface area contributed by atoms with Gasteiger partial charge in [-0.15, -0.1) is 0 Å². The van der Waals surface area contributed by atoms with Crippen molar-refractivity contribution in [2.75, 3.05) is 59.2 Å². The number of rotatable bonds is 4. The molecule has 0 saturated carbocycles. The van der Waals surface area contributed by atoms with Gasteiger partial charge in [0.25, 0.3) is 0 Å². The molecule has 0 aliphatic carbocycles. The maximum Gasteiger partial charge on any atom is 0.225 e. The average Bonchev–Trinajstić information content (AvgIpc) is 2.70. The van der Waals surface area contributed by atoms with E-state index in [1.165, 1.54) is 10.6 Å². The zero-order valence-electron chi connectivity index (χ0n) is 13.5. The van der Waals surface area contributed by atoms with Crippen LogP contribution in [0.4, 0.5) is 0 Å². The third kappa shape index (κ3) is 4.91. The van der Waals surface area contributed by atoms with Gasteiger partial charge in [0.1, 0.15) is 0 Å². The highest BCUT2D eigenvalue weighted by Crippen LogP contribution is 2.19. The van der Waals surface area contributed by atoms with Gasteiger partial charge in [0.05, 0.1) is 12.2 Å². The van der Waals surface area contributed by atoms with Crippen LogP contribution in [-0.4, -0.2) is 82.8 Å². The van der Waals surface area contributed by atoms with Crippen LogP contribution in [-0.2, 0) is 19.6 Å². The SMILES string of the molecule is CNC(=O)[C@@H]1CN(CC2CCOCC2)CCN(S(C)(=O)=O)C1. The molecule has 0 spiro atoms. The molecule has 2 fully saturated rings. The van der Waals surface area contributed by atoms with Crippen molar-refractivity contribution in [3.05, 3.63) is 0 Å². The molecule has 0 unspecified atom stereocenters. The second-order valence-electron chi connectivity index (χ2n) is 6.25. The highest BCUT2D eigenvalue weighted by molar-refractivity contribution is 7.88. The first-order valence-corrected chi connectivity index (χ1v) is 9.71. The topological polar surface area (TPSA) is 79.0 Å². The fraction of sp³-hybridized carbons (Fsp3) is 0.929. The first-order valence-electron chi connectivity index (χ1n) is 7.87. The number of ether oxygens (including phenoxy) is 1. The molecule has 2 aliphatic heterocycles. The summed E-state index contributed by atoms with van der Waals surface area (Å²) in [4.78, 5) is 14.3. The van der Waals surface area contributed by atoms with Crippen LogP contribution in [0.1, 0.15) is 12.8 Å². The molecule has 128 valence electrons. The minimum atomic E-state index is -3.27. The number of hydrogen-bond acceptors (Lipinski definition) is 5. The summed E-state index contributed by atoms with van der Waals surface area (Å²) in [6.07, 6.45) is 3.29. The molecule has 22 heavy (non-hydrogen) atoms. The van der Waals surface area contributed by atoms with E-state index in [4.69, 9.17) is 4.74 Å². The molecule has 0 bridgehead atoms. The minimum Gasteiger partial charge on any atom is -0.381 e. The standard InChI is InChI=1S/C14H27N3O4S/c1-15-14(18)13-10-16(9-12-3-7-21-8-4-12)5-6-17(11-13)22(2,19)20/h12-13H,3-11H2,1-2H3,(H,15,18)/t13-/m1/s1. The van der Waals surface area contributed by atoms with E-state index in [2.05, 4.69) is 10.2 Å². The number of sulfonamides is 1. The zero-order valence-corrected chi connectivity index (χ0v) is 14.3. The molecule has 0 aromatic carbocycles. The van der Waals surface area contributed by atoms with E-state index < -0.39 is 10.0 Å². The molecule has 1 amide bonds. The summed E-state index contributed by atoms with van der Waals surface area (Å²) < 4.78 is 30.5. The Morgan fingerprint density at radius 2 is 1.91 bits per heavy atom. The van der Waals surface area contributed by atoms with Crippen molar-refractivity contribution in [3.63, 3.8) is 0 Å². The van der Waals surface area contributed by atoms with Crippen molar-refractivity contribution in [2.24, 2.45) is 11.8 Å². The Morgan fingerprint density at radius 1 is 1.23 bits per heavy atom. The summed E-state index contributed by atoms with van der Waals surface area (Å²) >= 11 is 0. The van der Waals surface area contributed by atoms with E-state index in [1.54, 1.807) is 7.05 Å². The zero-order chi connectivity index (χ0) is 16.2. The summed E-state index contributed by atoms with van der Waals surface area (Å²) in [6, 6.07) is 0. The van der Waals surface area contributed by atoms with Crippen LogP contribution in [0.3, 0.4) is 0 Å². The third-order valence-electron chi connectivity index (χ3n) is 4.51. The van der Waals surface area contributed by atoms with Gasteiger partial charge in [0.2, 0.25) is 15.9 Å². The highest BCUT2D eigenvalue weighted by atomic mass is 32.2. The maximum atomic E-state index is 12.1. The third-order valence-corrected chi connectivity index (χ3v) is 5.78. The van der Waals surface area contributed by atoms with Gasteiger partial charge in [0, 0.05) is 53.0 Å². The molecule has 0 radical (unpaired) electrons. The van der Waals surface area contributed by atoms with Crippen molar-refractivity contribution in [1.29, 1.82) is 0 Å². The number of carbonyl (C=O) groups is 1. The van der Waals surface area contributed by atoms with Crippen LogP contribution in [0, 0.1) is 11.8 Å². The molecule has 1 atom stereocenters. The summed E-state index contributed by atoms with van der Waals surface area (Å²) in [7, 11) is -1.68. The smallest absolute Gasteiger partial charge is 0.225 e. The van der Waals surface area contributed by atoms with Gasteiger partial charge >= 0.3 is 0 Å². The first-order chi connectivity index (χ1) is 10.4. The number of amides is 1. The predicted octanol–water partition coefficient (Wildman–Crippen LogP) is -0.648. The minimum absolute atomic E-state index is 0.0903. The van der Waals surface area contributed by atoms with E-state index in [9.17, 15) is 13.2 Å². The Kier molecular flexibility index (Phi) is 6.19. The lowest BCUT2D eigenvalue weighted by atomic mass is 9.99. The van der Waals surface area contributed by atoms with Gasteiger partial charge in [-0.1, -0.05) is 0 Å². The largest absolute Gasteiger partial charge is 0.381 e. The van der Waals surface area contributed by atoms with E-state index in [-0.39, 0.29) is 18.4 Å². The van der Waals surface area contributed by atoms with Crippen LogP contribution in [0.15, 0.2) is 0 Å². The van der Waals surface area contributed by atoms with Crippen LogP contribution in [0.2, 0.25) is 0 Å². The Balaban J connectivity index is 2.03. The number of carbonyl (C=O) groups excluding carboxylic acids is 1. The molecule has 2 aliphatic rings. The van der Waals surface area contributed by atoms with Crippen LogP contribution < -0.4 is 5.32 Å². The van der Waals surface area contributed by atoms with Gasteiger partial charge < -0.3 is 15.0 Å². The molecule has 8 heteroatoms. The Hall–Kier alpha value is -0.700. The number of nitrogens with one attached hydrogen (secondary N) is 1. The van der Waals surface area contributed by atoms with Crippen LogP contribution >= 0.6 is 0 Å². The van der Waals surface area contributed by atoms with Gasteiger partial charge in [0.15, 0.2) is 0 Å². The van der Waals surface area contributed by atoms with Gasteiger partial charge in [-0.2, -0.15) is 0 Å². The lowest BCUT2D eigenvalue weighted by Crippen LogP contribution is -2.42. The molecule has 2 rings (SSSR count). The van der Waals surface area contributed by atoms with Crippen molar-refractivity contribution in [3.8, 4) is 0 Å². The molecule has 0 aromatic rings. The van der Waals surface area contributed by atoms with Gasteiger partial charge in [-0.3, -0.25) is 4.79 Å². The van der Waals surface area contributed by atoms with E-state index >= 15 is 0 Å². The fourth-order valence-corrected chi connectivity index (χ4v) is 4.05. The summed E-state index contributed by atoms with van der Waals surface area (Å²) in [5.74, 6) is 0.165. The second-order valence-corrected chi connectivity index (χ2v) is 8.23. The van der Waals surface area contributed by atoms with Gasteiger partial charge in [-0.25, -0.2) is 12.7 Å². The molecule has 0 aromatic heterocycles. The molecule has 1 N–H and O–H groups in total. The summed E-state index contributed by atoms with van der Waals surface area (Å²) in [6.45, 7) is 4.52. The Labute approximate surface area is 133 Å². The van der Waals surface area contributed by atoms with Crippen molar-refractivity contribution >= 4 is 15.9 Å². The quantitative estimate of drug-likeness (QED) is 0.740. The van der Waals surface area contributed by atoms with Crippen molar-refractivity contribution < 1.29 is 17.9 Å². The Bertz CT molecular complexity index is 476. The van der Waals surface area contributed by atoms with E-state index in [1.807, 2.05) is 0 Å². The molecule has 2 heterocycles. The van der Waals surface area contributed by atoms with Crippen LogP contribution in [0.5, 0.6) is 0 Å². The monoisotopic (exact) mass is 333 g/mol. The summed E-state index contributed by atoms with van der Waals surface area (Å²) in [5, 5.41) is 2.65. The van der Waals surface area contributed by atoms with Crippen molar-refractivity contribution in [1.82, 2.24) is 14.5 Å². The highest BCUT2D eigenvalue weighted by Gasteiger charge is 2.32. The second kappa shape index (κ2) is 7.72. The average molecular weight is 333 g/mol. The van der Waals surface area contributed by atoms with E-state index in [0.717, 1.165) is 32.6 Å². The maximum absolute atomic E-state index is 12.1. The predicted molar refractivity (Wildman–Crippen MR) is 84.0 cm³/mol.